The molecule has 2 rings (SSSR count). The van der Waals surface area contributed by atoms with Gasteiger partial charge in [0.05, 0.1) is 5.60 Å². The zero-order valence-corrected chi connectivity index (χ0v) is 11.8. The van der Waals surface area contributed by atoms with Crippen molar-refractivity contribution in [3.8, 4) is 0 Å². The van der Waals surface area contributed by atoms with Crippen LogP contribution in [0.4, 0.5) is 0 Å². The largest absolute Gasteiger partial charge is 0.316 e. The maximum absolute atomic E-state index is 7.90. The topological polar surface area (TPSA) is 41.5 Å². The lowest BCUT2D eigenvalue weighted by molar-refractivity contribution is -0.306. The average molecular weight is 231 g/mol. The van der Waals surface area contributed by atoms with E-state index < -0.39 is 5.60 Å². The van der Waals surface area contributed by atoms with Crippen LogP contribution in [0.15, 0.2) is 0 Å². The Morgan fingerprint density at radius 3 is 1.62 bits per heavy atom. The summed E-state index contributed by atoms with van der Waals surface area (Å²) >= 11 is 0. The molecule has 0 aromatic carbocycles. The molecule has 0 radical (unpaired) electrons. The summed E-state index contributed by atoms with van der Waals surface area (Å²) in [6.07, 6.45) is 2.97. The molecule has 0 amide bonds. The van der Waals surface area contributed by atoms with Crippen molar-refractivity contribution in [1.29, 1.82) is 0 Å². The fourth-order valence-electron chi connectivity index (χ4n) is 2.19. The van der Waals surface area contributed by atoms with Gasteiger partial charge in [0.15, 0.2) is 0 Å². The highest BCUT2D eigenvalue weighted by Crippen LogP contribution is 2.47. The van der Waals surface area contributed by atoms with Crippen LogP contribution in [0.25, 0.3) is 0 Å². The molecule has 2 fully saturated rings. The second-order valence-corrected chi connectivity index (χ2v) is 5.82. The highest BCUT2D eigenvalue weighted by molar-refractivity contribution is 5.00. The fraction of sp³-hybridized carbons (Fsp3) is 1.00. The zero-order chi connectivity index (χ0) is 12.8. The minimum Gasteiger partial charge on any atom is -0.316 e. The Hall–Kier alpha value is -0.120. The normalized spacial score (nSPS) is 21.9. The summed E-state index contributed by atoms with van der Waals surface area (Å²) in [5, 5.41) is 11.2. The molecule has 1 saturated heterocycles. The van der Waals surface area contributed by atoms with Gasteiger partial charge in [-0.3, -0.25) is 5.26 Å². The maximum atomic E-state index is 7.90. The van der Waals surface area contributed by atoms with Gasteiger partial charge < -0.3 is 5.32 Å². The van der Waals surface area contributed by atoms with Gasteiger partial charge in [-0.2, -0.15) is 0 Å². The Morgan fingerprint density at radius 2 is 1.56 bits per heavy atom. The average Bonchev–Trinajstić information content (AvgIpc) is 2.13. The van der Waals surface area contributed by atoms with Gasteiger partial charge in [0.1, 0.15) is 0 Å². The highest BCUT2D eigenvalue weighted by atomic mass is 17.1. The van der Waals surface area contributed by atoms with Crippen LogP contribution in [0.2, 0.25) is 0 Å². The lowest BCUT2D eigenvalue weighted by atomic mass is 9.59. The molecule has 0 atom stereocenters. The molecule has 2 N–H and O–H groups in total. The van der Waals surface area contributed by atoms with Gasteiger partial charge in [0.25, 0.3) is 0 Å². The Bertz CT molecular complexity index is 175. The van der Waals surface area contributed by atoms with E-state index in [1.807, 2.05) is 13.8 Å². The van der Waals surface area contributed by atoms with Crippen LogP contribution in [0.3, 0.4) is 0 Å². The third-order valence-electron chi connectivity index (χ3n) is 2.84. The Morgan fingerprint density at radius 1 is 1.19 bits per heavy atom. The van der Waals surface area contributed by atoms with E-state index >= 15 is 0 Å². The predicted molar refractivity (Wildman–Crippen MR) is 68.5 cm³/mol. The quantitative estimate of drug-likeness (QED) is 0.496. The molecule has 3 nitrogen and oxygen atoms in total. The van der Waals surface area contributed by atoms with Crippen LogP contribution in [0, 0.1) is 11.3 Å². The van der Waals surface area contributed by atoms with Crippen molar-refractivity contribution in [3.63, 3.8) is 0 Å². The van der Waals surface area contributed by atoms with Crippen molar-refractivity contribution in [2.24, 2.45) is 11.3 Å². The standard InChI is InChI=1S/C7H13N.C4H10O2.C2H6/c1-6-2-7(3-6)4-8-5-7;1-4(2,3)6-5;1-2/h6,8H,2-5H2,1H3;5H,1-3H3;1-2H3. The number of rotatable bonds is 0. The molecular formula is C13H29NO2. The van der Waals surface area contributed by atoms with Crippen molar-refractivity contribution < 1.29 is 10.1 Å². The molecule has 16 heavy (non-hydrogen) atoms. The molecule has 1 aliphatic carbocycles. The summed E-state index contributed by atoms with van der Waals surface area (Å²) in [5.74, 6) is 1.03. The van der Waals surface area contributed by atoms with Gasteiger partial charge in [-0.05, 0) is 44.9 Å². The van der Waals surface area contributed by atoms with Crippen molar-refractivity contribution >= 4 is 0 Å². The molecule has 98 valence electrons. The number of hydrogen-bond acceptors (Lipinski definition) is 3. The predicted octanol–water partition coefficient (Wildman–Crippen LogP) is 3.31. The van der Waals surface area contributed by atoms with Crippen LogP contribution in [-0.4, -0.2) is 23.9 Å². The second-order valence-electron chi connectivity index (χ2n) is 5.82. The SMILES string of the molecule is CC.CC(C)(C)OO.CC1CC2(CNC2)C1. The van der Waals surface area contributed by atoms with Gasteiger partial charge in [0.2, 0.25) is 0 Å². The molecule has 1 spiro atoms. The first-order valence-corrected chi connectivity index (χ1v) is 6.40. The van der Waals surface area contributed by atoms with Crippen molar-refractivity contribution in [2.75, 3.05) is 13.1 Å². The minimum atomic E-state index is -0.403. The monoisotopic (exact) mass is 231 g/mol. The van der Waals surface area contributed by atoms with Crippen LogP contribution >= 0.6 is 0 Å². The minimum absolute atomic E-state index is 0.403. The van der Waals surface area contributed by atoms with Gasteiger partial charge in [0, 0.05) is 13.1 Å². The lowest BCUT2D eigenvalue weighted by Crippen LogP contribution is -2.59. The first kappa shape index (κ1) is 15.9. The molecule has 0 unspecified atom stereocenters. The van der Waals surface area contributed by atoms with Crippen LogP contribution < -0.4 is 5.32 Å². The summed E-state index contributed by atoms with van der Waals surface area (Å²) in [5.41, 5.74) is 0.402. The first-order valence-electron chi connectivity index (χ1n) is 6.40. The Kier molecular flexibility index (Phi) is 6.53. The van der Waals surface area contributed by atoms with Crippen molar-refractivity contribution in [3.05, 3.63) is 0 Å². The summed E-state index contributed by atoms with van der Waals surface area (Å²) in [6, 6.07) is 0. The van der Waals surface area contributed by atoms with E-state index in [4.69, 9.17) is 5.26 Å². The smallest absolute Gasteiger partial charge is 0.0949 e. The van der Waals surface area contributed by atoms with Gasteiger partial charge >= 0.3 is 0 Å². The Balaban J connectivity index is 0.000000254. The molecule has 0 bridgehead atoms. The summed E-state index contributed by atoms with van der Waals surface area (Å²) in [4.78, 5) is 3.94. The molecular weight excluding hydrogens is 202 g/mol. The Labute approximate surface area is 101 Å². The van der Waals surface area contributed by atoms with E-state index in [9.17, 15) is 0 Å². The lowest BCUT2D eigenvalue weighted by Gasteiger charge is -2.53. The van der Waals surface area contributed by atoms with Gasteiger partial charge in [-0.15, -0.1) is 0 Å². The van der Waals surface area contributed by atoms with E-state index in [1.54, 1.807) is 20.8 Å². The molecule has 0 aromatic rings. The number of nitrogens with one attached hydrogen (secondary N) is 1. The summed E-state index contributed by atoms with van der Waals surface area (Å²) in [7, 11) is 0. The fourth-order valence-corrected chi connectivity index (χ4v) is 2.19. The molecule has 3 heteroatoms. The van der Waals surface area contributed by atoms with E-state index in [2.05, 4.69) is 17.1 Å². The summed E-state index contributed by atoms with van der Waals surface area (Å²) < 4.78 is 0. The summed E-state index contributed by atoms with van der Waals surface area (Å²) in [6.45, 7) is 14.3. The highest BCUT2D eigenvalue weighted by Gasteiger charge is 2.46. The van der Waals surface area contributed by atoms with Gasteiger partial charge in [-0.1, -0.05) is 20.8 Å². The maximum Gasteiger partial charge on any atom is 0.0949 e. The van der Waals surface area contributed by atoms with Crippen molar-refractivity contribution in [2.45, 2.75) is 60.0 Å². The van der Waals surface area contributed by atoms with E-state index in [1.165, 1.54) is 25.9 Å². The third-order valence-corrected chi connectivity index (χ3v) is 2.84. The molecule has 1 aliphatic heterocycles. The first-order chi connectivity index (χ1) is 7.37. The van der Waals surface area contributed by atoms with E-state index in [-0.39, 0.29) is 0 Å². The van der Waals surface area contributed by atoms with Crippen LogP contribution in [0.1, 0.15) is 54.4 Å². The molecule has 0 aromatic heterocycles. The number of hydrogen-bond donors (Lipinski definition) is 2. The van der Waals surface area contributed by atoms with E-state index in [0.29, 0.717) is 0 Å². The van der Waals surface area contributed by atoms with Crippen LogP contribution in [-0.2, 0) is 4.89 Å². The third kappa shape index (κ3) is 5.28. The molecule has 2 aliphatic rings. The van der Waals surface area contributed by atoms with Crippen molar-refractivity contribution in [1.82, 2.24) is 5.32 Å². The van der Waals surface area contributed by atoms with Gasteiger partial charge in [-0.25, -0.2) is 4.89 Å². The zero-order valence-electron chi connectivity index (χ0n) is 11.8. The molecule has 1 saturated carbocycles. The van der Waals surface area contributed by atoms with Crippen LogP contribution in [0.5, 0.6) is 0 Å². The molecule has 1 heterocycles. The van der Waals surface area contributed by atoms with E-state index in [0.717, 1.165) is 11.3 Å². The second kappa shape index (κ2) is 6.58.